The number of furan rings is 1. The summed E-state index contributed by atoms with van der Waals surface area (Å²) in [6.07, 6.45) is 1.57. The van der Waals surface area contributed by atoms with Crippen molar-refractivity contribution >= 4 is 34.8 Å². The van der Waals surface area contributed by atoms with E-state index in [1.54, 1.807) is 24.3 Å². The molecule has 1 fully saturated rings. The quantitative estimate of drug-likeness (QED) is 0.217. The van der Waals surface area contributed by atoms with Crippen molar-refractivity contribution in [2.24, 2.45) is 0 Å². The van der Waals surface area contributed by atoms with E-state index >= 15 is 0 Å². The lowest BCUT2D eigenvalue weighted by atomic mass is 10.0. The van der Waals surface area contributed by atoms with Gasteiger partial charge in [-0.05, 0) is 52.7 Å². The fourth-order valence-electron chi connectivity index (χ4n) is 3.98. The zero-order valence-corrected chi connectivity index (χ0v) is 19.7. The normalized spacial score (nSPS) is 14.3. The van der Waals surface area contributed by atoms with Gasteiger partial charge in [0.1, 0.15) is 29.6 Å². The summed E-state index contributed by atoms with van der Waals surface area (Å²) in [5, 5.41) is 4.34. The van der Waals surface area contributed by atoms with Gasteiger partial charge >= 0.3 is 12.0 Å². The van der Waals surface area contributed by atoms with Gasteiger partial charge in [-0.2, -0.15) is 0 Å². The van der Waals surface area contributed by atoms with E-state index in [-0.39, 0.29) is 36.2 Å². The van der Waals surface area contributed by atoms with Crippen molar-refractivity contribution in [1.82, 2.24) is 10.2 Å². The van der Waals surface area contributed by atoms with Crippen molar-refractivity contribution in [2.45, 2.75) is 13.2 Å². The third-order valence-corrected chi connectivity index (χ3v) is 5.85. The molecular weight excluding hydrogens is 479 g/mol. The van der Waals surface area contributed by atoms with Crippen molar-refractivity contribution in [3.63, 3.8) is 0 Å². The van der Waals surface area contributed by atoms with E-state index in [2.05, 4.69) is 10.1 Å². The molecule has 3 aromatic carbocycles. The van der Waals surface area contributed by atoms with Crippen LogP contribution in [0.1, 0.15) is 27.4 Å². The number of benzene rings is 3. The Morgan fingerprint density at radius 3 is 2.59 bits per heavy atom. The molecule has 2 heterocycles. The van der Waals surface area contributed by atoms with Crippen LogP contribution in [0.3, 0.4) is 0 Å². The maximum Gasteiger partial charge on any atom is 0.373 e. The SMILES string of the molecule is COC(=O)c1ccc(CN2C(=O)NC(=Cc3c(OCc4ccc(F)cc4)ccc4ccccc34)C2=O)o1. The minimum absolute atomic E-state index is 0.0287. The zero-order valence-electron chi connectivity index (χ0n) is 19.7. The molecule has 1 N–H and O–H groups in total. The first kappa shape index (κ1) is 23.8. The van der Waals surface area contributed by atoms with Gasteiger partial charge in [0.15, 0.2) is 0 Å². The van der Waals surface area contributed by atoms with Gasteiger partial charge in [0.2, 0.25) is 5.76 Å². The molecule has 1 aliphatic rings. The van der Waals surface area contributed by atoms with E-state index in [1.807, 2.05) is 30.3 Å². The first-order chi connectivity index (χ1) is 17.9. The van der Waals surface area contributed by atoms with Crippen LogP contribution in [0, 0.1) is 5.82 Å². The molecule has 8 nitrogen and oxygen atoms in total. The van der Waals surface area contributed by atoms with Gasteiger partial charge in [0.05, 0.1) is 13.7 Å². The summed E-state index contributed by atoms with van der Waals surface area (Å²) in [6.45, 7) is 0.0186. The van der Waals surface area contributed by atoms with E-state index in [0.717, 1.165) is 21.2 Å². The van der Waals surface area contributed by atoms with E-state index in [1.165, 1.54) is 31.4 Å². The molecule has 0 atom stereocenters. The number of urea groups is 1. The molecule has 0 radical (unpaired) electrons. The molecule has 0 bridgehead atoms. The number of fused-ring (bicyclic) bond motifs is 1. The lowest BCUT2D eigenvalue weighted by Gasteiger charge is -2.13. The second-order valence-corrected chi connectivity index (χ2v) is 8.25. The van der Waals surface area contributed by atoms with Gasteiger partial charge < -0.3 is 19.2 Å². The zero-order chi connectivity index (χ0) is 25.9. The number of imide groups is 1. The highest BCUT2D eigenvalue weighted by atomic mass is 19.1. The summed E-state index contributed by atoms with van der Waals surface area (Å²) in [4.78, 5) is 38.4. The highest BCUT2D eigenvalue weighted by Crippen LogP contribution is 2.32. The Balaban J connectivity index is 1.44. The van der Waals surface area contributed by atoms with Crippen molar-refractivity contribution in [3.05, 3.63) is 107 Å². The molecule has 5 rings (SSSR count). The van der Waals surface area contributed by atoms with E-state index in [0.29, 0.717) is 11.3 Å². The number of amides is 3. The summed E-state index contributed by atoms with van der Waals surface area (Å²) in [7, 11) is 1.23. The largest absolute Gasteiger partial charge is 0.488 e. The van der Waals surface area contributed by atoms with Crippen LogP contribution in [0.15, 0.2) is 82.9 Å². The number of esters is 1. The first-order valence-corrected chi connectivity index (χ1v) is 11.3. The highest BCUT2D eigenvalue weighted by Gasteiger charge is 2.34. The van der Waals surface area contributed by atoms with E-state index in [4.69, 9.17) is 9.15 Å². The Morgan fingerprint density at radius 2 is 1.81 bits per heavy atom. The van der Waals surface area contributed by atoms with E-state index < -0.39 is 17.9 Å². The number of halogens is 1. The topological polar surface area (TPSA) is 98.1 Å². The monoisotopic (exact) mass is 500 g/mol. The number of hydrogen-bond donors (Lipinski definition) is 1. The Labute approximate surface area is 210 Å². The number of nitrogens with zero attached hydrogens (tertiary/aromatic N) is 1. The summed E-state index contributed by atoms with van der Waals surface area (Å²) in [6, 6.07) is 19.5. The molecule has 1 aliphatic heterocycles. The molecule has 186 valence electrons. The van der Waals surface area contributed by atoms with Crippen molar-refractivity contribution in [2.75, 3.05) is 7.11 Å². The lowest BCUT2D eigenvalue weighted by Crippen LogP contribution is -2.30. The smallest absolute Gasteiger partial charge is 0.373 e. The number of hydrogen-bond acceptors (Lipinski definition) is 6. The first-order valence-electron chi connectivity index (χ1n) is 11.3. The number of nitrogens with one attached hydrogen (secondary N) is 1. The van der Waals surface area contributed by atoms with Crippen LogP contribution in [-0.2, 0) is 22.7 Å². The molecule has 0 unspecified atom stereocenters. The number of rotatable bonds is 7. The molecule has 1 aromatic heterocycles. The summed E-state index contributed by atoms with van der Waals surface area (Å²) < 4.78 is 29.3. The van der Waals surface area contributed by atoms with Gasteiger partial charge in [0.25, 0.3) is 5.91 Å². The average molecular weight is 500 g/mol. The highest BCUT2D eigenvalue weighted by molar-refractivity contribution is 6.14. The Kier molecular flexibility index (Phi) is 6.42. The standard InChI is InChI=1S/C28H21FN2O6/c1-35-27(33)25-13-11-20(37-25)15-31-26(32)23(30-28(31)34)14-22-21-5-3-2-4-18(21)8-12-24(22)36-16-17-6-9-19(29)10-7-17/h2-14H,15-16H2,1H3,(H,30,34). The fraction of sp³-hybridized carbons (Fsp3) is 0.107. The van der Waals surface area contributed by atoms with Crippen LogP contribution < -0.4 is 10.1 Å². The molecule has 1 saturated heterocycles. The van der Waals surface area contributed by atoms with Crippen LogP contribution in [0.25, 0.3) is 16.8 Å². The predicted octanol–water partition coefficient (Wildman–Crippen LogP) is 5.03. The minimum Gasteiger partial charge on any atom is -0.488 e. The third-order valence-electron chi connectivity index (χ3n) is 5.85. The molecule has 0 aliphatic carbocycles. The van der Waals surface area contributed by atoms with Crippen LogP contribution >= 0.6 is 0 Å². The predicted molar refractivity (Wildman–Crippen MR) is 132 cm³/mol. The summed E-state index contributed by atoms with van der Waals surface area (Å²) >= 11 is 0. The maximum absolute atomic E-state index is 13.3. The molecule has 3 amide bonds. The third kappa shape index (κ3) is 4.92. The molecule has 37 heavy (non-hydrogen) atoms. The Hall–Kier alpha value is -4.92. The Bertz CT molecular complexity index is 1540. The fourth-order valence-corrected chi connectivity index (χ4v) is 3.98. The second-order valence-electron chi connectivity index (χ2n) is 8.25. The maximum atomic E-state index is 13.3. The van der Waals surface area contributed by atoms with Crippen LogP contribution in [0.5, 0.6) is 5.75 Å². The Morgan fingerprint density at radius 1 is 1.03 bits per heavy atom. The molecule has 4 aromatic rings. The number of carbonyl (C=O) groups excluding carboxylic acids is 3. The van der Waals surface area contributed by atoms with E-state index in [9.17, 15) is 18.8 Å². The van der Waals surface area contributed by atoms with Crippen molar-refractivity contribution in [3.8, 4) is 5.75 Å². The number of methoxy groups -OCH3 is 1. The minimum atomic E-state index is -0.659. The molecular formula is C28H21FN2O6. The molecule has 0 saturated carbocycles. The van der Waals surface area contributed by atoms with Gasteiger partial charge in [-0.1, -0.05) is 42.5 Å². The van der Waals surface area contributed by atoms with Crippen molar-refractivity contribution < 1.29 is 32.7 Å². The lowest BCUT2D eigenvalue weighted by molar-refractivity contribution is -0.123. The van der Waals surface area contributed by atoms with Crippen LogP contribution in [0.2, 0.25) is 0 Å². The summed E-state index contributed by atoms with van der Waals surface area (Å²) in [5.74, 6) is -0.843. The average Bonchev–Trinajstić information content (AvgIpc) is 3.49. The summed E-state index contributed by atoms with van der Waals surface area (Å²) in [5.41, 5.74) is 1.44. The van der Waals surface area contributed by atoms with Gasteiger partial charge in [-0.15, -0.1) is 0 Å². The van der Waals surface area contributed by atoms with Crippen molar-refractivity contribution in [1.29, 1.82) is 0 Å². The van der Waals surface area contributed by atoms with Crippen LogP contribution in [-0.4, -0.2) is 29.9 Å². The van der Waals surface area contributed by atoms with Gasteiger partial charge in [-0.25, -0.2) is 14.0 Å². The van der Waals surface area contributed by atoms with Gasteiger partial charge in [-0.3, -0.25) is 9.69 Å². The molecule has 0 spiro atoms. The van der Waals surface area contributed by atoms with Crippen LogP contribution in [0.4, 0.5) is 9.18 Å². The number of ether oxygens (including phenoxy) is 2. The second kappa shape index (κ2) is 9.98. The number of carbonyl (C=O) groups is 3. The van der Waals surface area contributed by atoms with Gasteiger partial charge in [0, 0.05) is 5.56 Å². The molecule has 9 heteroatoms.